The SMILES string of the molecule is OCC(O)CO.[B+3].[O-]B([O-])[O-]. The van der Waals surface area contributed by atoms with E-state index in [2.05, 4.69) is 0 Å². The number of hydrogen-bond donors (Lipinski definition) is 3. The van der Waals surface area contributed by atoms with E-state index < -0.39 is 13.4 Å². The molecule has 0 rings (SSSR count). The van der Waals surface area contributed by atoms with Gasteiger partial charge in [0.25, 0.3) is 0 Å². The van der Waals surface area contributed by atoms with Gasteiger partial charge in [0.1, 0.15) is 6.10 Å². The molecule has 0 heterocycles. The van der Waals surface area contributed by atoms with Gasteiger partial charge in [-0.25, -0.2) is 0 Å². The second-order valence-electron chi connectivity index (χ2n) is 1.31. The Morgan fingerprint density at radius 3 is 1.27 bits per heavy atom. The van der Waals surface area contributed by atoms with E-state index in [1.54, 1.807) is 0 Å². The third-order valence-electron chi connectivity index (χ3n) is 0.421. The molecule has 0 aromatic heterocycles. The minimum absolute atomic E-state index is 0. The van der Waals surface area contributed by atoms with Crippen LogP contribution in [-0.2, 0) is 0 Å². The number of aliphatic hydroxyl groups is 3. The minimum atomic E-state index is -2.92. The van der Waals surface area contributed by atoms with Crippen LogP contribution in [0.3, 0.4) is 0 Å². The summed E-state index contributed by atoms with van der Waals surface area (Å²) in [5, 5.41) is 49.3. The molecular formula is C3H8B2O6. The molecule has 0 aliphatic rings. The predicted octanol–water partition coefficient (Wildman–Crippen LogP) is -6.00. The Morgan fingerprint density at radius 2 is 1.27 bits per heavy atom. The third kappa shape index (κ3) is 40.7. The zero-order valence-electron chi connectivity index (χ0n) is 5.71. The normalized spacial score (nSPS) is 7.91. The summed E-state index contributed by atoms with van der Waals surface area (Å²) in [5.41, 5.74) is 0. The average Bonchev–Trinajstić information content (AvgIpc) is 1.85. The van der Waals surface area contributed by atoms with Gasteiger partial charge in [-0.15, -0.1) is 0 Å². The maximum absolute atomic E-state index is 8.42. The van der Waals surface area contributed by atoms with E-state index >= 15 is 0 Å². The molecule has 62 valence electrons. The molecule has 0 saturated carbocycles. The van der Waals surface area contributed by atoms with Gasteiger partial charge in [-0.2, -0.15) is 0 Å². The van der Waals surface area contributed by atoms with Gasteiger partial charge in [0, 0.05) is 0 Å². The standard InChI is InChI=1S/C3H8O3.BO3.B/c4-1-3(6)2-5;2-1(3)4;/h3-6H,1-2H2;;/q;-3;+3. The Labute approximate surface area is 66.5 Å². The molecule has 8 heteroatoms. The van der Waals surface area contributed by atoms with Crippen molar-refractivity contribution in [3.8, 4) is 0 Å². The first-order chi connectivity index (χ1) is 4.54. The number of aliphatic hydroxyl groups excluding tert-OH is 3. The van der Waals surface area contributed by atoms with Crippen LogP contribution >= 0.6 is 0 Å². The van der Waals surface area contributed by atoms with Crippen molar-refractivity contribution in [3.05, 3.63) is 0 Å². The largest absolute Gasteiger partial charge is 3.00 e. The van der Waals surface area contributed by atoms with Crippen molar-refractivity contribution in [1.29, 1.82) is 0 Å². The first-order valence-electron chi connectivity index (χ1n) is 2.41. The molecule has 0 aromatic rings. The summed E-state index contributed by atoms with van der Waals surface area (Å²) < 4.78 is 0. The van der Waals surface area contributed by atoms with Gasteiger partial charge in [0.2, 0.25) is 0 Å². The van der Waals surface area contributed by atoms with Crippen molar-refractivity contribution in [2.75, 3.05) is 13.2 Å². The molecule has 11 heavy (non-hydrogen) atoms. The summed E-state index contributed by atoms with van der Waals surface area (Å²) in [6.45, 7) is -0.729. The zero-order valence-corrected chi connectivity index (χ0v) is 5.71. The molecular weight excluding hydrogens is 154 g/mol. The van der Waals surface area contributed by atoms with Crippen molar-refractivity contribution >= 4 is 15.7 Å². The van der Waals surface area contributed by atoms with Gasteiger partial charge in [0.05, 0.1) is 13.2 Å². The van der Waals surface area contributed by atoms with Crippen LogP contribution < -0.4 is 15.1 Å². The van der Waals surface area contributed by atoms with Gasteiger partial charge in [0.15, 0.2) is 0 Å². The van der Waals surface area contributed by atoms with Crippen molar-refractivity contribution in [2.24, 2.45) is 0 Å². The van der Waals surface area contributed by atoms with Crippen LogP contribution in [-0.4, -0.2) is 50.4 Å². The van der Waals surface area contributed by atoms with Gasteiger partial charge >= 0.3 is 8.41 Å². The second kappa shape index (κ2) is 12.6. The Kier molecular flexibility index (Phi) is 19.5. The van der Waals surface area contributed by atoms with Crippen molar-refractivity contribution in [3.63, 3.8) is 0 Å². The average molecular weight is 162 g/mol. The van der Waals surface area contributed by atoms with Crippen LogP contribution in [0.2, 0.25) is 0 Å². The molecule has 0 aliphatic heterocycles. The maximum atomic E-state index is 8.42. The minimum Gasteiger partial charge on any atom is -0.907 e. The Balaban J connectivity index is -0.000000114. The van der Waals surface area contributed by atoms with E-state index in [0.29, 0.717) is 0 Å². The molecule has 0 saturated heterocycles. The summed E-state index contributed by atoms with van der Waals surface area (Å²) in [6.07, 6.45) is -0.954. The predicted molar refractivity (Wildman–Crippen MR) is 31.7 cm³/mol. The summed E-state index contributed by atoms with van der Waals surface area (Å²) in [6, 6.07) is 0. The van der Waals surface area contributed by atoms with Crippen molar-refractivity contribution in [2.45, 2.75) is 6.10 Å². The smallest absolute Gasteiger partial charge is 0.907 e. The first-order valence-corrected chi connectivity index (χ1v) is 2.41. The molecule has 0 bridgehead atoms. The van der Waals surface area contributed by atoms with E-state index in [1.165, 1.54) is 0 Å². The van der Waals surface area contributed by atoms with Crippen LogP contribution in [0.4, 0.5) is 0 Å². The molecule has 6 nitrogen and oxygen atoms in total. The van der Waals surface area contributed by atoms with E-state index in [0.717, 1.165) is 0 Å². The molecule has 0 atom stereocenters. The van der Waals surface area contributed by atoms with Gasteiger partial charge in [-0.3, -0.25) is 7.32 Å². The van der Waals surface area contributed by atoms with Crippen LogP contribution in [0.25, 0.3) is 0 Å². The monoisotopic (exact) mass is 162 g/mol. The van der Waals surface area contributed by atoms with Gasteiger partial charge in [-0.1, -0.05) is 0 Å². The van der Waals surface area contributed by atoms with E-state index in [9.17, 15) is 0 Å². The first kappa shape index (κ1) is 17.1. The maximum Gasteiger partial charge on any atom is 3.00 e. The van der Waals surface area contributed by atoms with Crippen LogP contribution in [0.5, 0.6) is 0 Å². The molecule has 0 fully saturated rings. The van der Waals surface area contributed by atoms with Crippen molar-refractivity contribution < 1.29 is 30.4 Å². The van der Waals surface area contributed by atoms with Gasteiger partial charge in [-0.05, 0) is 0 Å². The molecule has 0 unspecified atom stereocenters. The molecule has 0 radical (unpaired) electrons. The van der Waals surface area contributed by atoms with Gasteiger partial charge < -0.3 is 30.4 Å². The summed E-state index contributed by atoms with van der Waals surface area (Å²) in [5.74, 6) is 0. The Bertz CT molecular complexity index is 55.0. The molecule has 0 aromatic carbocycles. The molecule has 0 amide bonds. The second-order valence-corrected chi connectivity index (χ2v) is 1.31. The van der Waals surface area contributed by atoms with E-state index in [4.69, 9.17) is 30.4 Å². The summed E-state index contributed by atoms with van der Waals surface area (Å²) in [4.78, 5) is 0. The number of rotatable bonds is 2. The Hall–Kier alpha value is -0.110. The topological polar surface area (TPSA) is 130 Å². The fourth-order valence-electron chi connectivity index (χ4n) is 0.0577. The van der Waals surface area contributed by atoms with E-state index in [1.807, 2.05) is 0 Å². The third-order valence-corrected chi connectivity index (χ3v) is 0.421. The van der Waals surface area contributed by atoms with Crippen LogP contribution in [0.1, 0.15) is 0 Å². The summed E-state index contributed by atoms with van der Waals surface area (Å²) in [7, 11) is -2.92. The molecule has 3 N–H and O–H groups in total. The van der Waals surface area contributed by atoms with Crippen LogP contribution in [0, 0.1) is 0 Å². The zero-order chi connectivity index (χ0) is 8.57. The number of hydrogen-bond acceptors (Lipinski definition) is 6. The Morgan fingerprint density at radius 1 is 1.09 bits per heavy atom. The van der Waals surface area contributed by atoms with Crippen LogP contribution in [0.15, 0.2) is 0 Å². The quantitative estimate of drug-likeness (QED) is 0.346. The van der Waals surface area contributed by atoms with Crippen molar-refractivity contribution in [1.82, 2.24) is 0 Å². The molecule has 0 aliphatic carbocycles. The fraction of sp³-hybridized carbons (Fsp3) is 1.00. The molecule has 0 spiro atoms. The fourth-order valence-corrected chi connectivity index (χ4v) is 0.0577. The summed E-state index contributed by atoms with van der Waals surface area (Å²) >= 11 is 0. The van der Waals surface area contributed by atoms with E-state index in [-0.39, 0.29) is 21.6 Å².